The van der Waals surface area contributed by atoms with Crippen molar-refractivity contribution in [3.05, 3.63) is 82.3 Å². The number of aromatic nitrogens is 1. The first kappa shape index (κ1) is 16.0. The minimum atomic E-state index is -0.352. The summed E-state index contributed by atoms with van der Waals surface area (Å²) < 4.78 is 6.65. The highest BCUT2D eigenvalue weighted by Crippen LogP contribution is 2.33. The van der Waals surface area contributed by atoms with E-state index >= 15 is 0 Å². The average Bonchev–Trinajstić information content (AvgIpc) is 3.22. The average molecular weight is 419 g/mol. The van der Waals surface area contributed by atoms with Gasteiger partial charge in [-0.2, -0.15) is 0 Å². The van der Waals surface area contributed by atoms with Gasteiger partial charge in [0.15, 0.2) is 5.58 Å². The van der Waals surface area contributed by atoms with E-state index in [0.29, 0.717) is 33.9 Å². The van der Waals surface area contributed by atoms with E-state index in [1.165, 1.54) is 4.90 Å². The van der Waals surface area contributed by atoms with Gasteiger partial charge in [-0.05, 0) is 54.6 Å². The van der Waals surface area contributed by atoms with Crippen LogP contribution in [-0.2, 0) is 0 Å². The maximum Gasteiger partial charge on any atom is 0.266 e. The number of fused-ring (bicyclic) bond motifs is 2. The first-order valence-electron chi connectivity index (χ1n) is 8.26. The van der Waals surface area contributed by atoms with Gasteiger partial charge in [0.2, 0.25) is 5.89 Å². The summed E-state index contributed by atoms with van der Waals surface area (Å²) in [6.45, 7) is 0. The van der Waals surface area contributed by atoms with Crippen LogP contribution >= 0.6 is 15.9 Å². The number of nitrogens with zero attached hydrogens (tertiary/aromatic N) is 2. The monoisotopic (exact) mass is 418 g/mol. The molecule has 2 heterocycles. The minimum Gasteiger partial charge on any atom is -0.436 e. The predicted octanol–water partition coefficient (Wildman–Crippen LogP) is 5.06. The molecule has 0 radical (unpaired) electrons. The third kappa shape index (κ3) is 2.49. The number of anilines is 1. The SMILES string of the molecule is O=C1c2ccc(-c3nc4ccccc4o3)cc2C(=O)N1c1ccc(Br)cc1. The Hall–Kier alpha value is -3.25. The van der Waals surface area contributed by atoms with Crippen LogP contribution in [0.3, 0.4) is 0 Å². The van der Waals surface area contributed by atoms with Crippen molar-refractivity contribution >= 4 is 44.5 Å². The normalized spacial score (nSPS) is 13.4. The zero-order chi connectivity index (χ0) is 18.5. The highest BCUT2D eigenvalue weighted by Gasteiger charge is 2.37. The number of halogens is 1. The Morgan fingerprint density at radius 3 is 2.37 bits per heavy atom. The van der Waals surface area contributed by atoms with Gasteiger partial charge in [0, 0.05) is 10.0 Å². The lowest BCUT2D eigenvalue weighted by atomic mass is 10.1. The molecule has 0 saturated heterocycles. The smallest absolute Gasteiger partial charge is 0.266 e. The number of hydrogen-bond acceptors (Lipinski definition) is 4. The molecule has 0 unspecified atom stereocenters. The van der Waals surface area contributed by atoms with E-state index < -0.39 is 0 Å². The number of para-hydroxylation sites is 2. The number of rotatable bonds is 2. The lowest BCUT2D eigenvalue weighted by Gasteiger charge is -2.13. The topological polar surface area (TPSA) is 63.4 Å². The third-order valence-electron chi connectivity index (χ3n) is 4.51. The van der Waals surface area contributed by atoms with Crippen molar-refractivity contribution in [2.75, 3.05) is 4.90 Å². The van der Waals surface area contributed by atoms with E-state index in [4.69, 9.17) is 4.42 Å². The maximum atomic E-state index is 12.9. The molecule has 1 aliphatic rings. The number of carbonyl (C=O) groups excluding carboxylic acids is 2. The second-order valence-corrected chi connectivity index (χ2v) is 7.08. The molecule has 5 rings (SSSR count). The van der Waals surface area contributed by atoms with Crippen molar-refractivity contribution in [1.82, 2.24) is 4.98 Å². The quantitative estimate of drug-likeness (QED) is 0.426. The highest BCUT2D eigenvalue weighted by molar-refractivity contribution is 9.10. The van der Waals surface area contributed by atoms with Crippen LogP contribution in [0.15, 0.2) is 75.6 Å². The molecule has 0 bridgehead atoms. The Kier molecular flexibility index (Phi) is 3.48. The van der Waals surface area contributed by atoms with Gasteiger partial charge in [-0.3, -0.25) is 9.59 Å². The molecule has 0 saturated carbocycles. The standard InChI is InChI=1S/C21H11BrN2O3/c22-13-6-8-14(9-7-13)24-20(25)15-10-5-12(11-16(15)21(24)26)19-23-17-3-1-2-4-18(17)27-19/h1-11H. The van der Waals surface area contributed by atoms with Gasteiger partial charge in [0.25, 0.3) is 11.8 Å². The van der Waals surface area contributed by atoms with Crippen LogP contribution < -0.4 is 4.90 Å². The lowest BCUT2D eigenvalue weighted by molar-refractivity contribution is 0.0926. The summed E-state index contributed by atoms with van der Waals surface area (Å²) in [7, 11) is 0. The number of amides is 2. The van der Waals surface area contributed by atoms with Crippen molar-refractivity contribution < 1.29 is 14.0 Å². The summed E-state index contributed by atoms with van der Waals surface area (Å²) in [5.74, 6) is -0.266. The Bertz CT molecular complexity index is 1190. The number of oxazole rings is 1. The van der Waals surface area contributed by atoms with Crippen LogP contribution in [0.2, 0.25) is 0 Å². The summed E-state index contributed by atoms with van der Waals surface area (Å²) in [5.41, 5.74) is 3.33. The molecular formula is C21H11BrN2O3. The van der Waals surface area contributed by atoms with Crippen molar-refractivity contribution in [1.29, 1.82) is 0 Å². The minimum absolute atomic E-state index is 0.332. The number of benzene rings is 3. The van der Waals surface area contributed by atoms with Crippen molar-refractivity contribution in [3.8, 4) is 11.5 Å². The van der Waals surface area contributed by atoms with E-state index in [-0.39, 0.29) is 11.8 Å². The molecule has 1 aromatic heterocycles. The van der Waals surface area contributed by atoms with Crippen molar-refractivity contribution in [2.45, 2.75) is 0 Å². The summed E-state index contributed by atoms with van der Waals surface area (Å²) in [4.78, 5) is 31.3. The predicted molar refractivity (Wildman–Crippen MR) is 105 cm³/mol. The van der Waals surface area contributed by atoms with E-state index in [9.17, 15) is 9.59 Å². The molecule has 0 spiro atoms. The van der Waals surface area contributed by atoms with Gasteiger partial charge in [0.1, 0.15) is 5.52 Å². The molecule has 130 valence electrons. The summed E-state index contributed by atoms with van der Waals surface area (Å²) in [5, 5.41) is 0. The molecular weight excluding hydrogens is 408 g/mol. The van der Waals surface area contributed by atoms with Crippen LogP contribution in [0.5, 0.6) is 0 Å². The first-order valence-corrected chi connectivity index (χ1v) is 9.05. The second-order valence-electron chi connectivity index (χ2n) is 6.17. The molecule has 6 heteroatoms. The molecule has 3 aromatic carbocycles. The van der Waals surface area contributed by atoms with Crippen molar-refractivity contribution in [3.63, 3.8) is 0 Å². The fourth-order valence-corrected chi connectivity index (χ4v) is 3.46. The zero-order valence-electron chi connectivity index (χ0n) is 13.8. The molecule has 1 aliphatic heterocycles. The summed E-state index contributed by atoms with van der Waals surface area (Å²) in [6.07, 6.45) is 0. The maximum absolute atomic E-state index is 12.9. The molecule has 0 fully saturated rings. The van der Waals surface area contributed by atoms with Crippen LogP contribution in [0, 0.1) is 0 Å². The van der Waals surface area contributed by atoms with Crippen LogP contribution in [-0.4, -0.2) is 16.8 Å². The fraction of sp³-hybridized carbons (Fsp3) is 0. The molecule has 5 nitrogen and oxygen atoms in total. The Morgan fingerprint density at radius 2 is 1.59 bits per heavy atom. The summed E-state index contributed by atoms with van der Waals surface area (Å²) in [6, 6.07) is 19.6. The lowest BCUT2D eigenvalue weighted by Crippen LogP contribution is -2.29. The van der Waals surface area contributed by atoms with Crippen molar-refractivity contribution in [2.24, 2.45) is 0 Å². The summed E-state index contributed by atoms with van der Waals surface area (Å²) >= 11 is 3.36. The van der Waals surface area contributed by atoms with Crippen LogP contribution in [0.4, 0.5) is 5.69 Å². The first-order chi connectivity index (χ1) is 13.1. The van der Waals surface area contributed by atoms with Gasteiger partial charge >= 0.3 is 0 Å². The molecule has 0 aliphatic carbocycles. The second kappa shape index (κ2) is 5.89. The van der Waals surface area contributed by atoms with E-state index in [1.54, 1.807) is 42.5 Å². The van der Waals surface area contributed by atoms with Crippen LogP contribution in [0.1, 0.15) is 20.7 Å². The Balaban J connectivity index is 1.58. The van der Waals surface area contributed by atoms with Gasteiger partial charge in [-0.15, -0.1) is 0 Å². The van der Waals surface area contributed by atoms with Gasteiger partial charge in [-0.25, -0.2) is 9.88 Å². The molecule has 2 amide bonds. The Labute approximate surface area is 162 Å². The van der Waals surface area contributed by atoms with E-state index in [1.807, 2.05) is 24.3 Å². The third-order valence-corrected chi connectivity index (χ3v) is 5.04. The largest absolute Gasteiger partial charge is 0.436 e. The molecule has 27 heavy (non-hydrogen) atoms. The highest BCUT2D eigenvalue weighted by atomic mass is 79.9. The van der Waals surface area contributed by atoms with E-state index in [2.05, 4.69) is 20.9 Å². The number of imide groups is 1. The molecule has 4 aromatic rings. The fourth-order valence-electron chi connectivity index (χ4n) is 3.19. The number of hydrogen-bond donors (Lipinski definition) is 0. The zero-order valence-corrected chi connectivity index (χ0v) is 15.4. The van der Waals surface area contributed by atoms with E-state index in [0.717, 1.165) is 9.99 Å². The van der Waals surface area contributed by atoms with Gasteiger partial charge in [-0.1, -0.05) is 28.1 Å². The molecule has 0 N–H and O–H groups in total. The van der Waals surface area contributed by atoms with Gasteiger partial charge < -0.3 is 4.42 Å². The van der Waals surface area contributed by atoms with Gasteiger partial charge in [0.05, 0.1) is 16.8 Å². The molecule has 0 atom stereocenters. The Morgan fingerprint density at radius 1 is 0.852 bits per heavy atom. The van der Waals surface area contributed by atoms with Crippen LogP contribution in [0.25, 0.3) is 22.6 Å². The number of carbonyl (C=O) groups is 2.